The highest BCUT2D eigenvalue weighted by atomic mass is 16.6. The van der Waals surface area contributed by atoms with Crippen LogP contribution in [0.3, 0.4) is 0 Å². The fourth-order valence-electron chi connectivity index (χ4n) is 7.03. The normalized spacial score (nSPS) is 18.2. The smallest absolute Gasteiger partial charge is 0.358 e. The molecule has 0 saturated carbocycles. The number of hydrogen-bond acceptors (Lipinski definition) is 13. The Morgan fingerprint density at radius 2 is 0.600 bits per heavy atom. The van der Waals surface area contributed by atoms with Crippen LogP contribution in [0.5, 0.6) is 0 Å². The van der Waals surface area contributed by atoms with E-state index in [0.29, 0.717) is 38.5 Å². The highest BCUT2D eigenvalue weighted by molar-refractivity contribution is 6.27. The van der Waals surface area contributed by atoms with Crippen LogP contribution in [0, 0.1) is 23.7 Å². The topological polar surface area (TPSA) is 267 Å². The lowest BCUT2D eigenvalue weighted by molar-refractivity contribution is -0.224. The van der Waals surface area contributed by atoms with Crippen LogP contribution in [0.15, 0.2) is 0 Å². The maximum absolute atomic E-state index is 14.2. The lowest BCUT2D eigenvalue weighted by Gasteiger charge is -2.41. The molecule has 0 aromatic carbocycles. The summed E-state index contributed by atoms with van der Waals surface area (Å²) in [5.74, 6) is -22.7. The van der Waals surface area contributed by atoms with Crippen molar-refractivity contribution in [3.63, 3.8) is 0 Å². The van der Waals surface area contributed by atoms with Crippen LogP contribution >= 0.6 is 0 Å². The van der Waals surface area contributed by atoms with Gasteiger partial charge in [0.15, 0.2) is 23.1 Å². The summed E-state index contributed by atoms with van der Waals surface area (Å²) in [5.41, 5.74) is -17.5. The van der Waals surface area contributed by atoms with Gasteiger partial charge in [-0.2, -0.15) is 0 Å². The van der Waals surface area contributed by atoms with E-state index in [9.17, 15) is 69.0 Å². The molecule has 6 N–H and O–H groups in total. The number of hydrogen-bond donors (Lipinski definition) is 6. The van der Waals surface area contributed by atoms with Crippen LogP contribution in [-0.4, -0.2) is 100 Å². The first-order valence-electron chi connectivity index (χ1n) is 20.0. The molecule has 0 fully saturated rings. The molecule has 15 nitrogen and oxygen atoms in total. The number of carboxylic acid groups (broad SMARTS) is 2. The van der Waals surface area contributed by atoms with E-state index < -0.39 is 93.1 Å². The Labute approximate surface area is 324 Å². The molecule has 0 amide bonds. The lowest BCUT2D eigenvalue weighted by Crippen LogP contribution is -2.76. The van der Waals surface area contributed by atoms with Gasteiger partial charge in [-0.05, 0) is 51.4 Å². The molecule has 0 saturated heterocycles. The average molecular weight is 787 g/mol. The SMILES string of the molecule is CCCCC(CC)C(=O)C(O)(C(=O)O)C(O)(C(=O)OC(=O)C(O)(C(=O)C(CC)CCCC)C(O)(C(=O)O)C(=O)C(CC)CCCC)C(=O)C(CC)CCCC. The number of carboxylic acids is 2. The van der Waals surface area contributed by atoms with Crippen LogP contribution in [0.1, 0.15) is 158 Å². The van der Waals surface area contributed by atoms with Gasteiger partial charge in [0, 0.05) is 23.7 Å². The number of carbonyl (C=O) groups is 8. The zero-order valence-electron chi connectivity index (χ0n) is 34.0. The lowest BCUT2D eigenvalue weighted by atomic mass is 9.67. The van der Waals surface area contributed by atoms with Crippen molar-refractivity contribution in [1.82, 2.24) is 0 Å². The molecular weight excluding hydrogens is 720 g/mol. The number of ether oxygens (including phenoxy) is 1. The minimum absolute atomic E-state index is 0.0402. The van der Waals surface area contributed by atoms with Crippen LogP contribution < -0.4 is 0 Å². The van der Waals surface area contributed by atoms with Crippen molar-refractivity contribution in [1.29, 1.82) is 0 Å². The number of aliphatic hydroxyl groups is 4. The molecule has 316 valence electrons. The van der Waals surface area contributed by atoms with Crippen molar-refractivity contribution in [2.45, 2.75) is 181 Å². The van der Waals surface area contributed by atoms with Crippen LogP contribution in [0.2, 0.25) is 0 Å². The van der Waals surface area contributed by atoms with E-state index in [2.05, 4.69) is 0 Å². The first-order valence-corrected chi connectivity index (χ1v) is 20.0. The van der Waals surface area contributed by atoms with Crippen molar-refractivity contribution < 1.29 is 73.7 Å². The summed E-state index contributed by atoms with van der Waals surface area (Å²) in [5, 5.41) is 68.6. The molecule has 0 aliphatic carbocycles. The second-order valence-electron chi connectivity index (χ2n) is 14.6. The second kappa shape index (κ2) is 23.0. The minimum Gasteiger partial charge on any atom is -0.479 e. The van der Waals surface area contributed by atoms with E-state index in [1.54, 1.807) is 27.7 Å². The van der Waals surface area contributed by atoms with Gasteiger partial charge in [0.2, 0.25) is 0 Å². The molecule has 0 heterocycles. The van der Waals surface area contributed by atoms with Gasteiger partial charge >= 0.3 is 23.9 Å². The van der Waals surface area contributed by atoms with Gasteiger partial charge < -0.3 is 35.4 Å². The van der Waals surface area contributed by atoms with Crippen molar-refractivity contribution in [2.75, 3.05) is 0 Å². The van der Waals surface area contributed by atoms with Crippen LogP contribution in [0.25, 0.3) is 0 Å². The fraction of sp³-hybridized carbons (Fsp3) is 0.800. The average Bonchev–Trinajstić information content (AvgIpc) is 3.16. The Bertz CT molecular complexity index is 1260. The van der Waals surface area contributed by atoms with E-state index in [1.165, 1.54) is 27.7 Å². The predicted octanol–water partition coefficient (Wildman–Crippen LogP) is 4.29. The van der Waals surface area contributed by atoms with Crippen molar-refractivity contribution in [3.05, 3.63) is 0 Å². The number of esters is 2. The van der Waals surface area contributed by atoms with Gasteiger partial charge in [-0.15, -0.1) is 0 Å². The number of ketones is 4. The molecule has 0 aliphatic rings. The van der Waals surface area contributed by atoms with Gasteiger partial charge in [0.05, 0.1) is 0 Å². The Balaban J connectivity index is 8.18. The van der Waals surface area contributed by atoms with Gasteiger partial charge in [-0.25, -0.2) is 19.2 Å². The number of carbonyl (C=O) groups excluding carboxylic acids is 6. The number of rotatable bonds is 30. The van der Waals surface area contributed by atoms with Gasteiger partial charge in [0.25, 0.3) is 22.4 Å². The minimum atomic E-state index is -4.42. The third-order valence-electron chi connectivity index (χ3n) is 10.9. The maximum Gasteiger partial charge on any atom is 0.358 e. The highest BCUT2D eigenvalue weighted by Gasteiger charge is 2.75. The summed E-state index contributed by atoms with van der Waals surface area (Å²) in [4.78, 5) is 111. The highest BCUT2D eigenvalue weighted by Crippen LogP contribution is 2.39. The molecule has 0 aliphatic heterocycles. The van der Waals surface area contributed by atoms with E-state index >= 15 is 0 Å². The Kier molecular flexibility index (Phi) is 21.6. The van der Waals surface area contributed by atoms with Crippen molar-refractivity contribution >= 4 is 47.0 Å². The Hall–Kier alpha value is -3.40. The summed E-state index contributed by atoms with van der Waals surface area (Å²) < 4.78 is 4.73. The first kappa shape index (κ1) is 51.6. The van der Waals surface area contributed by atoms with Gasteiger partial charge in [-0.1, -0.05) is 107 Å². The van der Waals surface area contributed by atoms with Gasteiger partial charge in [0.1, 0.15) is 0 Å². The third kappa shape index (κ3) is 10.5. The zero-order valence-corrected chi connectivity index (χ0v) is 34.0. The summed E-state index contributed by atoms with van der Waals surface area (Å²) >= 11 is 0. The third-order valence-corrected chi connectivity index (χ3v) is 10.9. The van der Waals surface area contributed by atoms with E-state index in [4.69, 9.17) is 4.74 Å². The molecule has 0 aromatic rings. The molecule has 0 spiro atoms. The zero-order chi connectivity index (χ0) is 42.9. The van der Waals surface area contributed by atoms with E-state index in [0.717, 1.165) is 0 Å². The molecule has 15 heteroatoms. The monoisotopic (exact) mass is 786 g/mol. The molecular formula is C40H66O15. The maximum atomic E-state index is 14.2. The largest absolute Gasteiger partial charge is 0.479 e. The first-order chi connectivity index (χ1) is 25.7. The Morgan fingerprint density at radius 1 is 0.400 bits per heavy atom. The van der Waals surface area contributed by atoms with Crippen LogP contribution in [0.4, 0.5) is 0 Å². The molecule has 55 heavy (non-hydrogen) atoms. The van der Waals surface area contributed by atoms with E-state index in [-0.39, 0.29) is 64.2 Å². The summed E-state index contributed by atoms with van der Waals surface area (Å²) in [6.45, 7) is 12.8. The number of unbranched alkanes of at least 4 members (excludes halogenated alkanes) is 4. The molecule has 0 bridgehead atoms. The molecule has 0 radical (unpaired) electrons. The summed E-state index contributed by atoms with van der Waals surface area (Å²) in [7, 11) is 0. The number of Topliss-reactive ketones (excluding diaryl/α,β-unsaturated/α-hetero) is 4. The van der Waals surface area contributed by atoms with Crippen molar-refractivity contribution in [2.24, 2.45) is 23.7 Å². The molecule has 0 rings (SSSR count). The fourth-order valence-corrected chi connectivity index (χ4v) is 7.03. The Morgan fingerprint density at radius 3 is 0.764 bits per heavy atom. The quantitative estimate of drug-likeness (QED) is 0.0438. The molecule has 8 atom stereocenters. The molecule has 8 unspecified atom stereocenters. The van der Waals surface area contributed by atoms with Crippen molar-refractivity contribution in [3.8, 4) is 0 Å². The van der Waals surface area contributed by atoms with Crippen LogP contribution in [-0.2, 0) is 43.1 Å². The molecule has 0 aromatic heterocycles. The second-order valence-corrected chi connectivity index (χ2v) is 14.6. The summed E-state index contributed by atoms with van der Waals surface area (Å²) in [6.07, 6.45) is 2.38. The number of aliphatic carboxylic acids is 2. The van der Waals surface area contributed by atoms with Gasteiger partial charge in [-0.3, -0.25) is 19.2 Å². The predicted molar refractivity (Wildman–Crippen MR) is 199 cm³/mol. The summed E-state index contributed by atoms with van der Waals surface area (Å²) in [6, 6.07) is 0. The van der Waals surface area contributed by atoms with E-state index in [1.807, 2.05) is 0 Å². The standard InChI is InChI=1S/C40H66O15/c1-9-17-21-25(13-5)29(41)37(51,33(45)46)39(53,31(43)27(15-7)23-19-11-3)35(49)55-36(50)40(54,32(44)28(16-8)24-20-12-4)38(52,34(47)48)30(42)26(14-6)22-18-10-2/h25-28,51-54H,9-24H2,1-8H3,(H,45,46)(H,47,48).